The van der Waals surface area contributed by atoms with Crippen molar-refractivity contribution in [3.8, 4) is 0 Å². The molecule has 1 heterocycles. The van der Waals surface area contributed by atoms with Gasteiger partial charge in [-0.1, -0.05) is 13.8 Å². The Morgan fingerprint density at radius 2 is 2.25 bits per heavy atom. The number of nitrogens with two attached hydrogens (primary N) is 1. The van der Waals surface area contributed by atoms with E-state index < -0.39 is 0 Å². The number of hydrogen-bond acceptors (Lipinski definition) is 4. The third-order valence-electron chi connectivity index (χ3n) is 2.40. The Balaban J connectivity index is 2.53. The second kappa shape index (κ2) is 6.60. The van der Waals surface area contributed by atoms with Gasteiger partial charge in [0.05, 0.1) is 6.04 Å². The van der Waals surface area contributed by atoms with E-state index in [0.717, 1.165) is 31.8 Å². The fourth-order valence-corrected chi connectivity index (χ4v) is 1.66. The summed E-state index contributed by atoms with van der Waals surface area (Å²) in [7, 11) is 1.70. The Kier molecular flexibility index (Phi) is 5.42. The Bertz CT molecular complexity index is 298. The molecular formula is C11H22N4O. The van der Waals surface area contributed by atoms with E-state index in [1.54, 1.807) is 13.4 Å². The Morgan fingerprint density at radius 1 is 1.50 bits per heavy atom. The average Bonchev–Trinajstić information content (AvgIpc) is 2.65. The zero-order valence-electron chi connectivity index (χ0n) is 10.4. The Hall–Kier alpha value is -0.940. The molecule has 0 saturated carbocycles. The third-order valence-corrected chi connectivity index (χ3v) is 2.40. The second-order valence-corrected chi connectivity index (χ2v) is 4.48. The van der Waals surface area contributed by atoms with Gasteiger partial charge in [0.15, 0.2) is 0 Å². The van der Waals surface area contributed by atoms with Crippen LogP contribution in [0, 0.1) is 5.92 Å². The summed E-state index contributed by atoms with van der Waals surface area (Å²) in [6.45, 7) is 5.99. The van der Waals surface area contributed by atoms with E-state index in [2.05, 4.69) is 24.0 Å². The van der Waals surface area contributed by atoms with Crippen LogP contribution in [0.2, 0.25) is 0 Å². The molecule has 0 bridgehead atoms. The number of ether oxygens (including phenoxy) is 1. The fraction of sp³-hybridized carbons (Fsp3) is 0.818. The van der Waals surface area contributed by atoms with Gasteiger partial charge in [0.25, 0.3) is 0 Å². The number of aromatic nitrogens is 3. The average molecular weight is 226 g/mol. The van der Waals surface area contributed by atoms with Crippen molar-refractivity contribution in [1.29, 1.82) is 0 Å². The first-order chi connectivity index (χ1) is 7.65. The molecule has 1 atom stereocenters. The van der Waals surface area contributed by atoms with E-state index in [-0.39, 0.29) is 6.04 Å². The highest BCUT2D eigenvalue weighted by atomic mass is 16.5. The summed E-state index contributed by atoms with van der Waals surface area (Å²) in [5.41, 5.74) is 6.08. The van der Waals surface area contributed by atoms with Gasteiger partial charge in [-0.15, -0.1) is 10.2 Å². The quantitative estimate of drug-likeness (QED) is 0.713. The molecule has 0 aliphatic carbocycles. The van der Waals surface area contributed by atoms with Gasteiger partial charge >= 0.3 is 0 Å². The molecule has 0 saturated heterocycles. The molecule has 0 radical (unpaired) electrons. The van der Waals surface area contributed by atoms with Gasteiger partial charge in [-0.25, -0.2) is 0 Å². The summed E-state index contributed by atoms with van der Waals surface area (Å²) in [5, 5.41) is 8.02. The predicted molar refractivity (Wildman–Crippen MR) is 62.9 cm³/mol. The smallest absolute Gasteiger partial charge is 0.149 e. The molecular weight excluding hydrogens is 204 g/mol. The summed E-state index contributed by atoms with van der Waals surface area (Å²) in [5.74, 6) is 1.45. The van der Waals surface area contributed by atoms with Gasteiger partial charge in [-0.05, 0) is 18.8 Å². The lowest BCUT2D eigenvalue weighted by Gasteiger charge is -2.14. The van der Waals surface area contributed by atoms with Crippen LogP contribution < -0.4 is 5.73 Å². The van der Waals surface area contributed by atoms with Crippen molar-refractivity contribution in [2.24, 2.45) is 11.7 Å². The highest BCUT2D eigenvalue weighted by Crippen LogP contribution is 2.14. The van der Waals surface area contributed by atoms with Crippen molar-refractivity contribution in [1.82, 2.24) is 14.8 Å². The lowest BCUT2D eigenvalue weighted by atomic mass is 10.1. The maximum Gasteiger partial charge on any atom is 0.149 e. The molecule has 0 amide bonds. The van der Waals surface area contributed by atoms with E-state index in [0.29, 0.717) is 5.92 Å². The van der Waals surface area contributed by atoms with Crippen LogP contribution >= 0.6 is 0 Å². The maximum atomic E-state index is 6.08. The van der Waals surface area contributed by atoms with Crippen LogP contribution in [0.1, 0.15) is 38.6 Å². The van der Waals surface area contributed by atoms with Gasteiger partial charge < -0.3 is 15.0 Å². The SMILES string of the molecule is COCCCC(N)c1nncn1CC(C)C. The Morgan fingerprint density at radius 3 is 2.88 bits per heavy atom. The Labute approximate surface area is 97.0 Å². The van der Waals surface area contributed by atoms with Crippen LogP contribution in [0.4, 0.5) is 0 Å². The highest BCUT2D eigenvalue weighted by Gasteiger charge is 2.13. The van der Waals surface area contributed by atoms with Crippen LogP contribution in [-0.4, -0.2) is 28.5 Å². The van der Waals surface area contributed by atoms with E-state index in [9.17, 15) is 0 Å². The van der Waals surface area contributed by atoms with Gasteiger partial charge in [-0.3, -0.25) is 0 Å². The summed E-state index contributed by atoms with van der Waals surface area (Å²) >= 11 is 0. The molecule has 0 spiro atoms. The first-order valence-corrected chi connectivity index (χ1v) is 5.77. The first-order valence-electron chi connectivity index (χ1n) is 5.77. The first kappa shape index (κ1) is 13.1. The summed E-state index contributed by atoms with van der Waals surface area (Å²) in [4.78, 5) is 0. The van der Waals surface area contributed by atoms with Crippen molar-refractivity contribution in [2.75, 3.05) is 13.7 Å². The molecule has 1 aromatic heterocycles. The molecule has 92 valence electrons. The van der Waals surface area contributed by atoms with Crippen molar-refractivity contribution in [3.63, 3.8) is 0 Å². The lowest BCUT2D eigenvalue weighted by Crippen LogP contribution is -2.18. The van der Waals surface area contributed by atoms with Crippen LogP contribution in [0.3, 0.4) is 0 Å². The zero-order valence-corrected chi connectivity index (χ0v) is 10.4. The van der Waals surface area contributed by atoms with Crippen molar-refractivity contribution in [2.45, 2.75) is 39.3 Å². The molecule has 0 fully saturated rings. The molecule has 5 nitrogen and oxygen atoms in total. The standard InChI is InChI=1S/C11H22N4O/c1-9(2)7-15-8-13-14-11(15)10(12)5-4-6-16-3/h8-10H,4-7,12H2,1-3H3. The summed E-state index contributed by atoms with van der Waals surface area (Å²) in [6.07, 6.45) is 3.59. The van der Waals surface area contributed by atoms with Gasteiger partial charge in [0.1, 0.15) is 12.2 Å². The number of nitrogens with zero attached hydrogens (tertiary/aromatic N) is 3. The van der Waals surface area contributed by atoms with Gasteiger partial charge in [0, 0.05) is 20.3 Å². The normalized spacial score (nSPS) is 13.3. The third kappa shape index (κ3) is 3.90. The predicted octanol–water partition coefficient (Wildman–Crippen LogP) is 1.36. The van der Waals surface area contributed by atoms with E-state index in [1.165, 1.54) is 0 Å². The topological polar surface area (TPSA) is 66.0 Å². The fourth-order valence-electron chi connectivity index (χ4n) is 1.66. The molecule has 0 aliphatic heterocycles. The van der Waals surface area contributed by atoms with Gasteiger partial charge in [0.2, 0.25) is 0 Å². The molecule has 2 N–H and O–H groups in total. The minimum atomic E-state index is -0.0450. The summed E-state index contributed by atoms with van der Waals surface area (Å²) < 4.78 is 7.05. The highest BCUT2D eigenvalue weighted by molar-refractivity contribution is 4.93. The van der Waals surface area contributed by atoms with Crippen LogP contribution in [0.15, 0.2) is 6.33 Å². The number of rotatable bonds is 7. The number of hydrogen-bond donors (Lipinski definition) is 1. The zero-order chi connectivity index (χ0) is 12.0. The minimum Gasteiger partial charge on any atom is -0.385 e. The van der Waals surface area contributed by atoms with E-state index in [1.807, 2.05) is 4.57 Å². The van der Waals surface area contributed by atoms with Gasteiger partial charge in [-0.2, -0.15) is 0 Å². The van der Waals surface area contributed by atoms with Crippen LogP contribution in [-0.2, 0) is 11.3 Å². The molecule has 16 heavy (non-hydrogen) atoms. The summed E-state index contributed by atoms with van der Waals surface area (Å²) in [6, 6.07) is -0.0450. The van der Waals surface area contributed by atoms with E-state index >= 15 is 0 Å². The maximum absolute atomic E-state index is 6.08. The molecule has 1 rings (SSSR count). The largest absolute Gasteiger partial charge is 0.385 e. The van der Waals surface area contributed by atoms with Crippen molar-refractivity contribution >= 4 is 0 Å². The molecule has 5 heteroatoms. The minimum absolute atomic E-state index is 0.0450. The second-order valence-electron chi connectivity index (χ2n) is 4.48. The lowest BCUT2D eigenvalue weighted by molar-refractivity contribution is 0.190. The van der Waals surface area contributed by atoms with Crippen molar-refractivity contribution in [3.05, 3.63) is 12.2 Å². The monoisotopic (exact) mass is 226 g/mol. The van der Waals surface area contributed by atoms with E-state index in [4.69, 9.17) is 10.5 Å². The molecule has 0 aliphatic rings. The van der Waals surface area contributed by atoms with Crippen molar-refractivity contribution < 1.29 is 4.74 Å². The van der Waals surface area contributed by atoms with Crippen LogP contribution in [0.5, 0.6) is 0 Å². The molecule has 1 aromatic rings. The number of methoxy groups -OCH3 is 1. The molecule has 0 aromatic carbocycles. The molecule has 1 unspecified atom stereocenters. The van der Waals surface area contributed by atoms with Crippen LogP contribution in [0.25, 0.3) is 0 Å².